The quantitative estimate of drug-likeness (QED) is 0.606. The van der Waals surface area contributed by atoms with Crippen molar-refractivity contribution in [2.75, 3.05) is 13.1 Å². The predicted molar refractivity (Wildman–Crippen MR) is 56.1 cm³/mol. The van der Waals surface area contributed by atoms with Crippen LogP contribution in [0, 0.1) is 5.92 Å². The fraction of sp³-hybridized carbons (Fsp3) is 0.800. The Kier molecular flexibility index (Phi) is 4.09. The molecule has 0 aromatic rings. The summed E-state index contributed by atoms with van der Waals surface area (Å²) in [4.78, 5) is 0. The number of nitrogens with one attached hydrogen (secondary N) is 2. The Bertz CT molecular complexity index is 169. The molecule has 0 aromatic carbocycles. The van der Waals surface area contributed by atoms with E-state index < -0.39 is 0 Å². The van der Waals surface area contributed by atoms with E-state index in [1.807, 2.05) is 6.20 Å². The number of allylic oxidation sites excluding steroid dienone is 1. The third kappa shape index (κ3) is 3.68. The molecule has 0 saturated carbocycles. The number of hydrogen-bond donors (Lipinski definition) is 3. The van der Waals surface area contributed by atoms with Crippen LogP contribution in [0.1, 0.15) is 26.7 Å². The Morgan fingerprint density at radius 3 is 2.62 bits per heavy atom. The summed E-state index contributed by atoms with van der Waals surface area (Å²) in [7, 11) is 0. The molecule has 0 aliphatic carbocycles. The van der Waals surface area contributed by atoms with Crippen LogP contribution in [-0.2, 0) is 0 Å². The molecular weight excluding hydrogens is 162 g/mol. The van der Waals surface area contributed by atoms with E-state index in [0.29, 0.717) is 12.0 Å². The highest BCUT2D eigenvalue weighted by Gasteiger charge is 2.10. The van der Waals surface area contributed by atoms with Crippen molar-refractivity contribution in [1.29, 1.82) is 0 Å². The lowest BCUT2D eigenvalue weighted by atomic mass is 10.1. The van der Waals surface area contributed by atoms with Gasteiger partial charge < -0.3 is 16.4 Å². The van der Waals surface area contributed by atoms with Crippen LogP contribution < -0.4 is 16.4 Å². The summed E-state index contributed by atoms with van der Waals surface area (Å²) in [5.74, 6) is 0.439. The zero-order chi connectivity index (χ0) is 9.68. The zero-order valence-corrected chi connectivity index (χ0v) is 8.64. The van der Waals surface area contributed by atoms with Crippen LogP contribution in [0.15, 0.2) is 11.9 Å². The van der Waals surface area contributed by atoms with Gasteiger partial charge in [-0.15, -0.1) is 0 Å². The van der Waals surface area contributed by atoms with Gasteiger partial charge in [-0.2, -0.15) is 0 Å². The van der Waals surface area contributed by atoms with Crippen LogP contribution >= 0.6 is 0 Å². The molecule has 1 rings (SSSR count). The Labute approximate surface area is 80.8 Å². The highest BCUT2D eigenvalue weighted by atomic mass is 15.0. The van der Waals surface area contributed by atoms with E-state index >= 15 is 0 Å². The second-order valence-electron chi connectivity index (χ2n) is 3.99. The van der Waals surface area contributed by atoms with Gasteiger partial charge in [0.2, 0.25) is 0 Å². The lowest BCUT2D eigenvalue weighted by Gasteiger charge is -2.23. The largest absolute Gasteiger partial charge is 0.401 e. The second kappa shape index (κ2) is 5.12. The van der Waals surface area contributed by atoms with E-state index in [1.165, 1.54) is 12.8 Å². The maximum Gasteiger partial charge on any atom is 0.0280 e. The van der Waals surface area contributed by atoms with Crippen molar-refractivity contribution in [3.63, 3.8) is 0 Å². The van der Waals surface area contributed by atoms with E-state index in [1.54, 1.807) is 0 Å². The van der Waals surface area contributed by atoms with Crippen LogP contribution in [-0.4, -0.2) is 19.1 Å². The van der Waals surface area contributed by atoms with Gasteiger partial charge in [0.05, 0.1) is 0 Å². The number of piperidine rings is 1. The summed E-state index contributed by atoms with van der Waals surface area (Å²) in [5, 5.41) is 6.71. The molecule has 0 spiro atoms. The maximum atomic E-state index is 5.82. The Balaban J connectivity index is 2.27. The first-order valence-corrected chi connectivity index (χ1v) is 5.12. The van der Waals surface area contributed by atoms with E-state index in [4.69, 9.17) is 5.73 Å². The second-order valence-corrected chi connectivity index (χ2v) is 3.99. The SMILES string of the molecule is CC(C)/C(N)=C/NC1CCNCC1. The van der Waals surface area contributed by atoms with Crippen molar-refractivity contribution in [3.8, 4) is 0 Å². The molecule has 4 N–H and O–H groups in total. The van der Waals surface area contributed by atoms with Gasteiger partial charge in [-0.1, -0.05) is 13.8 Å². The molecule has 0 amide bonds. The number of nitrogens with two attached hydrogens (primary N) is 1. The summed E-state index contributed by atoms with van der Waals surface area (Å²) in [5.41, 5.74) is 6.76. The fourth-order valence-corrected chi connectivity index (χ4v) is 1.37. The van der Waals surface area contributed by atoms with E-state index in [0.717, 1.165) is 18.8 Å². The van der Waals surface area contributed by atoms with Gasteiger partial charge in [0.1, 0.15) is 0 Å². The third-order valence-corrected chi connectivity index (χ3v) is 2.49. The molecule has 0 bridgehead atoms. The molecule has 1 saturated heterocycles. The highest BCUT2D eigenvalue weighted by Crippen LogP contribution is 2.04. The predicted octanol–water partition coefficient (Wildman–Crippen LogP) is 0.784. The van der Waals surface area contributed by atoms with Gasteiger partial charge in [-0.25, -0.2) is 0 Å². The van der Waals surface area contributed by atoms with Crippen molar-refractivity contribution in [3.05, 3.63) is 11.9 Å². The van der Waals surface area contributed by atoms with Crippen molar-refractivity contribution >= 4 is 0 Å². The van der Waals surface area contributed by atoms with Gasteiger partial charge >= 0.3 is 0 Å². The van der Waals surface area contributed by atoms with Crippen molar-refractivity contribution in [2.24, 2.45) is 11.7 Å². The maximum absolute atomic E-state index is 5.82. The summed E-state index contributed by atoms with van der Waals surface area (Å²) in [6.45, 7) is 6.45. The number of hydrogen-bond acceptors (Lipinski definition) is 3. The van der Waals surface area contributed by atoms with Crippen LogP contribution in [0.5, 0.6) is 0 Å². The molecule has 0 unspecified atom stereocenters. The molecule has 1 heterocycles. The van der Waals surface area contributed by atoms with Gasteiger partial charge in [0.25, 0.3) is 0 Å². The molecule has 3 heteroatoms. The highest BCUT2D eigenvalue weighted by molar-refractivity contribution is 4.99. The molecule has 1 fully saturated rings. The van der Waals surface area contributed by atoms with E-state index in [-0.39, 0.29) is 0 Å². The summed E-state index contributed by atoms with van der Waals surface area (Å²) >= 11 is 0. The van der Waals surface area contributed by atoms with Crippen LogP contribution in [0.3, 0.4) is 0 Å². The minimum Gasteiger partial charge on any atom is -0.401 e. The first-order valence-electron chi connectivity index (χ1n) is 5.12. The van der Waals surface area contributed by atoms with Gasteiger partial charge in [0, 0.05) is 17.9 Å². The Morgan fingerprint density at radius 1 is 1.46 bits per heavy atom. The molecule has 76 valence electrons. The summed E-state index contributed by atoms with van der Waals surface area (Å²) < 4.78 is 0. The molecule has 1 aliphatic heterocycles. The molecular formula is C10H21N3. The molecule has 13 heavy (non-hydrogen) atoms. The molecule has 1 aliphatic rings. The minimum absolute atomic E-state index is 0.439. The molecule has 3 nitrogen and oxygen atoms in total. The van der Waals surface area contributed by atoms with Crippen LogP contribution in [0.25, 0.3) is 0 Å². The Hall–Kier alpha value is -0.700. The van der Waals surface area contributed by atoms with Crippen molar-refractivity contribution in [1.82, 2.24) is 10.6 Å². The normalized spacial score (nSPS) is 20.7. The monoisotopic (exact) mass is 183 g/mol. The fourth-order valence-electron chi connectivity index (χ4n) is 1.37. The first-order chi connectivity index (χ1) is 6.20. The minimum atomic E-state index is 0.439. The van der Waals surface area contributed by atoms with Gasteiger partial charge in [0.15, 0.2) is 0 Å². The van der Waals surface area contributed by atoms with Crippen LogP contribution in [0.2, 0.25) is 0 Å². The zero-order valence-electron chi connectivity index (χ0n) is 8.64. The van der Waals surface area contributed by atoms with E-state index in [2.05, 4.69) is 24.5 Å². The topological polar surface area (TPSA) is 50.1 Å². The van der Waals surface area contributed by atoms with Gasteiger partial charge in [-0.3, -0.25) is 0 Å². The first kappa shape index (κ1) is 10.4. The standard InChI is InChI=1S/C10H21N3/c1-8(2)10(11)7-13-9-3-5-12-6-4-9/h7-9,12-13H,3-6,11H2,1-2H3/b10-7-. The molecule has 0 atom stereocenters. The molecule has 0 aromatic heterocycles. The molecule has 0 radical (unpaired) electrons. The lowest BCUT2D eigenvalue weighted by Crippen LogP contribution is -2.38. The Morgan fingerprint density at radius 2 is 2.08 bits per heavy atom. The van der Waals surface area contributed by atoms with E-state index in [9.17, 15) is 0 Å². The summed E-state index contributed by atoms with van der Waals surface area (Å²) in [6, 6.07) is 0.610. The summed E-state index contributed by atoms with van der Waals surface area (Å²) in [6.07, 6.45) is 4.37. The average Bonchev–Trinajstić information content (AvgIpc) is 2.15. The third-order valence-electron chi connectivity index (χ3n) is 2.49. The van der Waals surface area contributed by atoms with Gasteiger partial charge in [-0.05, 0) is 31.8 Å². The van der Waals surface area contributed by atoms with Crippen molar-refractivity contribution < 1.29 is 0 Å². The smallest absolute Gasteiger partial charge is 0.0280 e. The van der Waals surface area contributed by atoms with Crippen molar-refractivity contribution in [2.45, 2.75) is 32.7 Å². The number of rotatable bonds is 3. The average molecular weight is 183 g/mol. The van der Waals surface area contributed by atoms with Crippen LogP contribution in [0.4, 0.5) is 0 Å². The lowest BCUT2D eigenvalue weighted by molar-refractivity contribution is 0.418.